The number of benzene rings is 2. The molecule has 4 rings (SSSR count). The monoisotopic (exact) mass is 455 g/mol. The Kier molecular flexibility index (Phi) is 6.16. The molecule has 0 radical (unpaired) electrons. The largest absolute Gasteiger partial charge is 0.493 e. The van der Waals surface area contributed by atoms with Crippen LogP contribution in [-0.4, -0.2) is 57.5 Å². The van der Waals surface area contributed by atoms with Gasteiger partial charge in [0.05, 0.1) is 33.4 Å². The van der Waals surface area contributed by atoms with E-state index in [9.17, 15) is 9.59 Å². The zero-order valence-electron chi connectivity index (χ0n) is 18.8. The number of methoxy groups -OCH3 is 3. The van der Waals surface area contributed by atoms with Crippen LogP contribution in [0.1, 0.15) is 10.5 Å². The molecule has 2 heterocycles. The first-order chi connectivity index (χ1) is 16.0. The molecule has 0 bridgehead atoms. The maximum absolute atomic E-state index is 12.8. The van der Waals surface area contributed by atoms with E-state index in [0.29, 0.717) is 58.9 Å². The molecule has 2 N–H and O–H groups in total. The lowest BCUT2D eigenvalue weighted by atomic mass is 10.2. The number of nitrogens with one attached hydrogen (secondary N) is 2. The SMILES string of the molecule is COc1cc2cc(C(=O)NCC(=O)Nc3ccc4c(c3)OCCO4)n(C)c2c(OC)c1OC. The van der Waals surface area contributed by atoms with Crippen molar-refractivity contribution in [2.45, 2.75) is 0 Å². The fraction of sp³-hybridized carbons (Fsp3) is 0.304. The summed E-state index contributed by atoms with van der Waals surface area (Å²) in [5, 5.41) is 6.12. The fourth-order valence-corrected chi connectivity index (χ4v) is 3.78. The highest BCUT2D eigenvalue weighted by Crippen LogP contribution is 2.44. The van der Waals surface area contributed by atoms with Gasteiger partial charge in [-0.2, -0.15) is 0 Å². The van der Waals surface area contributed by atoms with Gasteiger partial charge in [0, 0.05) is 24.2 Å². The van der Waals surface area contributed by atoms with Crippen LogP contribution in [0.25, 0.3) is 10.9 Å². The van der Waals surface area contributed by atoms with Crippen molar-refractivity contribution in [1.82, 2.24) is 9.88 Å². The summed E-state index contributed by atoms with van der Waals surface area (Å²) in [7, 11) is 6.30. The number of aryl methyl sites for hydroxylation is 1. The van der Waals surface area contributed by atoms with Crippen molar-refractivity contribution >= 4 is 28.4 Å². The molecule has 3 aromatic rings. The van der Waals surface area contributed by atoms with Gasteiger partial charge in [0.25, 0.3) is 5.91 Å². The molecule has 0 unspecified atom stereocenters. The van der Waals surface area contributed by atoms with Gasteiger partial charge in [-0.3, -0.25) is 9.59 Å². The van der Waals surface area contributed by atoms with Crippen LogP contribution in [-0.2, 0) is 11.8 Å². The van der Waals surface area contributed by atoms with Crippen molar-refractivity contribution in [2.75, 3.05) is 46.4 Å². The quantitative estimate of drug-likeness (QED) is 0.563. The molecule has 10 heteroatoms. The van der Waals surface area contributed by atoms with Crippen molar-refractivity contribution in [3.63, 3.8) is 0 Å². The second-order valence-corrected chi connectivity index (χ2v) is 7.26. The summed E-state index contributed by atoms with van der Waals surface area (Å²) < 4.78 is 29.0. The maximum atomic E-state index is 12.8. The number of rotatable bonds is 7. The molecule has 33 heavy (non-hydrogen) atoms. The van der Waals surface area contributed by atoms with Crippen molar-refractivity contribution in [3.8, 4) is 28.7 Å². The standard InChI is InChI=1S/C23H25N3O7/c1-26-15(9-13-10-18(29-2)21(30-3)22(31-4)20(13)26)23(28)24-12-19(27)25-14-5-6-16-17(11-14)33-8-7-32-16/h5-6,9-11H,7-8,12H2,1-4H3,(H,24,28)(H,25,27). The van der Waals surface area contributed by atoms with Crippen LogP contribution in [0.2, 0.25) is 0 Å². The van der Waals surface area contributed by atoms with Gasteiger partial charge in [0.1, 0.15) is 18.9 Å². The number of fused-ring (bicyclic) bond motifs is 2. The zero-order chi connectivity index (χ0) is 23.5. The van der Waals surface area contributed by atoms with Crippen LogP contribution < -0.4 is 34.3 Å². The van der Waals surface area contributed by atoms with Crippen LogP contribution in [0.4, 0.5) is 5.69 Å². The zero-order valence-corrected chi connectivity index (χ0v) is 18.8. The number of hydrogen-bond donors (Lipinski definition) is 2. The van der Waals surface area contributed by atoms with Crippen LogP contribution in [0.3, 0.4) is 0 Å². The molecule has 174 valence electrons. The molecule has 0 saturated heterocycles. The van der Waals surface area contributed by atoms with E-state index in [4.69, 9.17) is 23.7 Å². The van der Waals surface area contributed by atoms with Crippen molar-refractivity contribution < 1.29 is 33.3 Å². The lowest BCUT2D eigenvalue weighted by Crippen LogP contribution is -2.33. The van der Waals surface area contributed by atoms with Crippen LogP contribution >= 0.6 is 0 Å². The topological polar surface area (TPSA) is 109 Å². The van der Waals surface area contributed by atoms with Crippen molar-refractivity contribution in [2.24, 2.45) is 7.05 Å². The predicted octanol–water partition coefficient (Wildman–Crippen LogP) is 2.34. The Morgan fingerprint density at radius 3 is 2.39 bits per heavy atom. The Morgan fingerprint density at radius 1 is 0.970 bits per heavy atom. The Labute approximate surface area is 190 Å². The minimum absolute atomic E-state index is 0.210. The molecule has 0 atom stereocenters. The van der Waals surface area contributed by atoms with Crippen molar-refractivity contribution in [1.29, 1.82) is 0 Å². The maximum Gasteiger partial charge on any atom is 0.268 e. The highest BCUT2D eigenvalue weighted by molar-refractivity contribution is 6.03. The van der Waals surface area contributed by atoms with E-state index in [1.54, 1.807) is 41.9 Å². The third kappa shape index (κ3) is 4.19. The summed E-state index contributed by atoms with van der Waals surface area (Å²) in [4.78, 5) is 25.2. The van der Waals surface area contributed by atoms with Crippen LogP contribution in [0.5, 0.6) is 28.7 Å². The van der Waals surface area contributed by atoms with Gasteiger partial charge in [-0.25, -0.2) is 0 Å². The Morgan fingerprint density at radius 2 is 1.70 bits per heavy atom. The summed E-state index contributed by atoms with van der Waals surface area (Å²) in [6, 6.07) is 8.60. The number of anilines is 1. The molecular weight excluding hydrogens is 430 g/mol. The lowest BCUT2D eigenvalue weighted by Gasteiger charge is -2.19. The number of hydrogen-bond acceptors (Lipinski definition) is 7. The first-order valence-electron chi connectivity index (χ1n) is 10.2. The smallest absolute Gasteiger partial charge is 0.268 e. The summed E-state index contributed by atoms with van der Waals surface area (Å²) in [5.74, 6) is 1.78. The average Bonchev–Trinajstić information content (AvgIpc) is 3.17. The second-order valence-electron chi connectivity index (χ2n) is 7.26. The van der Waals surface area contributed by atoms with Crippen molar-refractivity contribution in [3.05, 3.63) is 36.0 Å². The van der Waals surface area contributed by atoms with Crippen LogP contribution in [0.15, 0.2) is 30.3 Å². The van der Waals surface area contributed by atoms with Gasteiger partial charge >= 0.3 is 0 Å². The normalized spacial score (nSPS) is 12.2. The highest BCUT2D eigenvalue weighted by Gasteiger charge is 2.23. The summed E-state index contributed by atoms with van der Waals surface area (Å²) in [6.45, 7) is 0.733. The number of ether oxygens (including phenoxy) is 5. The van der Waals surface area contributed by atoms with Gasteiger partial charge in [0.2, 0.25) is 11.7 Å². The van der Waals surface area contributed by atoms with E-state index < -0.39 is 5.91 Å². The number of aromatic nitrogens is 1. The van der Waals surface area contributed by atoms with Gasteiger partial charge in [-0.1, -0.05) is 0 Å². The minimum Gasteiger partial charge on any atom is -0.493 e. The summed E-state index contributed by atoms with van der Waals surface area (Å²) >= 11 is 0. The highest BCUT2D eigenvalue weighted by atomic mass is 16.6. The first kappa shape index (κ1) is 22.1. The summed E-state index contributed by atoms with van der Waals surface area (Å²) in [6.07, 6.45) is 0. The third-order valence-electron chi connectivity index (χ3n) is 5.29. The molecule has 10 nitrogen and oxygen atoms in total. The van der Waals surface area contributed by atoms with Gasteiger partial charge < -0.3 is 38.9 Å². The number of nitrogens with zero attached hydrogens (tertiary/aromatic N) is 1. The van der Waals surface area contributed by atoms with E-state index in [1.807, 2.05) is 0 Å². The molecule has 0 aliphatic carbocycles. The minimum atomic E-state index is -0.411. The Bertz CT molecular complexity index is 1220. The predicted molar refractivity (Wildman–Crippen MR) is 121 cm³/mol. The van der Waals surface area contributed by atoms with Crippen LogP contribution in [0, 0.1) is 0 Å². The number of carbonyl (C=O) groups excluding carboxylic acids is 2. The van der Waals surface area contributed by atoms with E-state index in [1.165, 1.54) is 21.3 Å². The average molecular weight is 455 g/mol. The Balaban J connectivity index is 1.48. The summed E-state index contributed by atoms with van der Waals surface area (Å²) in [5.41, 5.74) is 1.57. The molecule has 0 spiro atoms. The van der Waals surface area contributed by atoms with Gasteiger partial charge in [-0.05, 0) is 24.3 Å². The molecule has 0 fully saturated rings. The molecule has 2 amide bonds. The first-order valence-corrected chi connectivity index (χ1v) is 10.2. The van der Waals surface area contributed by atoms with E-state index in [0.717, 1.165) is 5.39 Å². The molecule has 2 aromatic carbocycles. The second kappa shape index (κ2) is 9.19. The third-order valence-corrected chi connectivity index (χ3v) is 5.29. The van der Waals surface area contributed by atoms with E-state index in [-0.39, 0.29) is 12.5 Å². The lowest BCUT2D eigenvalue weighted by molar-refractivity contribution is -0.115. The number of carbonyl (C=O) groups is 2. The van der Waals surface area contributed by atoms with E-state index in [2.05, 4.69) is 10.6 Å². The number of amides is 2. The van der Waals surface area contributed by atoms with Gasteiger partial charge in [0.15, 0.2) is 23.0 Å². The van der Waals surface area contributed by atoms with Gasteiger partial charge in [-0.15, -0.1) is 0 Å². The van der Waals surface area contributed by atoms with E-state index >= 15 is 0 Å². The molecule has 1 aromatic heterocycles. The molecule has 0 saturated carbocycles. The fourth-order valence-electron chi connectivity index (χ4n) is 3.78. The molecule has 1 aliphatic heterocycles. The molecular formula is C23H25N3O7. The Hall–Kier alpha value is -4.08. The molecule has 1 aliphatic rings.